The van der Waals surface area contributed by atoms with Crippen LogP contribution in [0, 0.1) is 0 Å². The van der Waals surface area contributed by atoms with Crippen LogP contribution in [0.1, 0.15) is 6.92 Å². The Morgan fingerprint density at radius 1 is 1.50 bits per heavy atom. The predicted molar refractivity (Wildman–Crippen MR) is 45.3 cm³/mol. The molecule has 0 heterocycles. The molecule has 0 aliphatic rings. The number of ether oxygens (including phenoxy) is 1. The lowest BCUT2D eigenvalue weighted by Crippen LogP contribution is -2.15. The van der Waals surface area contributed by atoms with Crippen molar-refractivity contribution < 1.29 is 14.9 Å². The molecule has 0 unspecified atom stereocenters. The third-order valence-corrected chi connectivity index (χ3v) is 1.41. The number of phenols is 1. The van der Waals surface area contributed by atoms with Gasteiger partial charge >= 0.3 is 0 Å². The van der Waals surface area contributed by atoms with E-state index in [9.17, 15) is 0 Å². The first kappa shape index (κ1) is 8.87. The smallest absolute Gasteiger partial charge is 0.123 e. The Morgan fingerprint density at radius 2 is 2.25 bits per heavy atom. The largest absolute Gasteiger partial charge is 0.508 e. The maximum atomic E-state index is 9.06. The summed E-state index contributed by atoms with van der Waals surface area (Å²) < 4.78 is 5.23. The highest BCUT2D eigenvalue weighted by molar-refractivity contribution is 5.31. The van der Waals surface area contributed by atoms with Gasteiger partial charge in [0.15, 0.2) is 0 Å². The maximum absolute atomic E-state index is 9.06. The van der Waals surface area contributed by atoms with Gasteiger partial charge in [-0.2, -0.15) is 0 Å². The predicted octanol–water partition coefficient (Wildman–Crippen LogP) is 1.15. The zero-order chi connectivity index (χ0) is 8.97. The molecule has 0 amide bonds. The molecule has 1 aromatic carbocycles. The lowest BCUT2D eigenvalue weighted by atomic mass is 10.3. The lowest BCUT2D eigenvalue weighted by molar-refractivity contribution is 0.129. The van der Waals surface area contributed by atoms with E-state index >= 15 is 0 Å². The number of aliphatic hydroxyl groups excluding tert-OH is 1. The summed E-state index contributed by atoms with van der Waals surface area (Å²) >= 11 is 0. The Labute approximate surface area is 71.2 Å². The molecule has 0 radical (unpaired) electrons. The summed E-state index contributed by atoms with van der Waals surface area (Å²) in [6.45, 7) is 1.72. The summed E-state index contributed by atoms with van der Waals surface area (Å²) in [5.41, 5.74) is 0. The molecule has 0 spiro atoms. The first-order valence-electron chi connectivity index (χ1n) is 3.79. The quantitative estimate of drug-likeness (QED) is 0.711. The van der Waals surface area contributed by atoms with Crippen molar-refractivity contribution in [3.8, 4) is 11.5 Å². The van der Waals surface area contributed by atoms with Gasteiger partial charge in [-0.15, -0.1) is 0 Å². The minimum atomic E-state index is -0.244. The number of hydrogen-bond donors (Lipinski definition) is 2. The molecule has 3 nitrogen and oxygen atoms in total. The van der Waals surface area contributed by atoms with Crippen LogP contribution >= 0.6 is 0 Å². The van der Waals surface area contributed by atoms with Gasteiger partial charge in [0, 0.05) is 6.07 Å². The van der Waals surface area contributed by atoms with Gasteiger partial charge in [-0.1, -0.05) is 6.07 Å². The van der Waals surface area contributed by atoms with Crippen molar-refractivity contribution in [3.63, 3.8) is 0 Å². The second-order valence-electron chi connectivity index (χ2n) is 2.61. The molecule has 12 heavy (non-hydrogen) atoms. The van der Waals surface area contributed by atoms with Crippen molar-refractivity contribution in [1.29, 1.82) is 0 Å². The summed E-state index contributed by atoms with van der Waals surface area (Å²) in [7, 11) is 0. The molecule has 1 aromatic rings. The Bertz CT molecular complexity index is 247. The fraction of sp³-hybridized carbons (Fsp3) is 0.333. The molecule has 0 saturated carbocycles. The van der Waals surface area contributed by atoms with Crippen molar-refractivity contribution in [2.24, 2.45) is 0 Å². The van der Waals surface area contributed by atoms with Crippen LogP contribution in [0.15, 0.2) is 24.3 Å². The van der Waals surface area contributed by atoms with Crippen molar-refractivity contribution in [3.05, 3.63) is 24.3 Å². The zero-order valence-corrected chi connectivity index (χ0v) is 6.90. The average Bonchev–Trinajstić information content (AvgIpc) is 2.04. The Balaban J connectivity index is 2.63. The Morgan fingerprint density at radius 3 is 2.83 bits per heavy atom. The highest BCUT2D eigenvalue weighted by Gasteiger charge is 2.01. The number of hydrogen-bond acceptors (Lipinski definition) is 3. The molecule has 0 saturated heterocycles. The number of phenolic OH excluding ortho intramolecular Hbond substituents is 1. The molecule has 0 bridgehead atoms. The van der Waals surface area contributed by atoms with E-state index in [1.54, 1.807) is 25.1 Å². The van der Waals surface area contributed by atoms with Crippen molar-refractivity contribution >= 4 is 0 Å². The monoisotopic (exact) mass is 168 g/mol. The van der Waals surface area contributed by atoms with Gasteiger partial charge in [0.2, 0.25) is 0 Å². The second-order valence-corrected chi connectivity index (χ2v) is 2.61. The van der Waals surface area contributed by atoms with E-state index in [1.807, 2.05) is 0 Å². The van der Waals surface area contributed by atoms with E-state index in [0.717, 1.165) is 0 Å². The molecule has 0 aliphatic heterocycles. The van der Waals surface area contributed by atoms with Crippen molar-refractivity contribution in [2.75, 3.05) is 6.61 Å². The van der Waals surface area contributed by atoms with E-state index in [1.165, 1.54) is 6.07 Å². The van der Waals surface area contributed by atoms with Crippen molar-refractivity contribution in [2.45, 2.75) is 13.0 Å². The van der Waals surface area contributed by atoms with Crippen LogP contribution in [-0.4, -0.2) is 22.9 Å². The van der Waals surface area contributed by atoms with Gasteiger partial charge in [0.1, 0.15) is 17.6 Å². The van der Waals surface area contributed by atoms with Gasteiger partial charge in [-0.25, -0.2) is 0 Å². The van der Waals surface area contributed by atoms with Crippen LogP contribution in [0.4, 0.5) is 0 Å². The van der Waals surface area contributed by atoms with E-state index in [2.05, 4.69) is 0 Å². The molecular formula is C9H12O3. The van der Waals surface area contributed by atoms with E-state index < -0.39 is 0 Å². The van der Waals surface area contributed by atoms with Crippen molar-refractivity contribution in [1.82, 2.24) is 0 Å². The molecule has 0 aromatic heterocycles. The Kier molecular flexibility index (Phi) is 2.94. The van der Waals surface area contributed by atoms with Crippen LogP contribution in [-0.2, 0) is 0 Å². The van der Waals surface area contributed by atoms with Gasteiger partial charge in [-0.3, -0.25) is 0 Å². The molecule has 0 aliphatic carbocycles. The van der Waals surface area contributed by atoms with E-state index in [-0.39, 0.29) is 18.5 Å². The maximum Gasteiger partial charge on any atom is 0.123 e. The third kappa shape index (κ3) is 2.43. The fourth-order valence-corrected chi connectivity index (χ4v) is 0.826. The average molecular weight is 168 g/mol. The van der Waals surface area contributed by atoms with Gasteiger partial charge in [0.25, 0.3) is 0 Å². The fourth-order valence-electron chi connectivity index (χ4n) is 0.826. The highest BCUT2D eigenvalue weighted by Crippen LogP contribution is 2.18. The lowest BCUT2D eigenvalue weighted by Gasteiger charge is -2.11. The summed E-state index contributed by atoms with van der Waals surface area (Å²) in [4.78, 5) is 0. The van der Waals surface area contributed by atoms with E-state index in [4.69, 9.17) is 14.9 Å². The molecule has 3 heteroatoms. The first-order chi connectivity index (χ1) is 5.72. The van der Waals surface area contributed by atoms with Crippen LogP contribution in [0.25, 0.3) is 0 Å². The minimum Gasteiger partial charge on any atom is -0.508 e. The Hall–Kier alpha value is -1.22. The van der Waals surface area contributed by atoms with Gasteiger partial charge in [0.05, 0.1) is 6.61 Å². The molecule has 66 valence electrons. The standard InChI is InChI=1S/C9H12O3/c1-7(6-10)12-9-4-2-3-8(11)5-9/h2-5,7,10-11H,6H2,1H3/t7-/m0/s1. The summed E-state index contributed by atoms with van der Waals surface area (Å²) in [6.07, 6.45) is -0.244. The summed E-state index contributed by atoms with van der Waals surface area (Å²) in [5.74, 6) is 0.731. The summed E-state index contributed by atoms with van der Waals surface area (Å²) in [5, 5.41) is 17.7. The van der Waals surface area contributed by atoms with Gasteiger partial charge in [-0.05, 0) is 19.1 Å². The van der Waals surface area contributed by atoms with Crippen LogP contribution in [0.3, 0.4) is 0 Å². The molecule has 2 N–H and O–H groups in total. The van der Waals surface area contributed by atoms with Crippen LogP contribution < -0.4 is 4.74 Å². The number of rotatable bonds is 3. The third-order valence-electron chi connectivity index (χ3n) is 1.41. The molecule has 1 rings (SSSR count). The van der Waals surface area contributed by atoms with Crippen LogP contribution in [0.2, 0.25) is 0 Å². The zero-order valence-electron chi connectivity index (χ0n) is 6.90. The normalized spacial score (nSPS) is 12.5. The molecule has 1 atom stereocenters. The number of aliphatic hydroxyl groups is 1. The first-order valence-corrected chi connectivity index (χ1v) is 3.79. The van der Waals surface area contributed by atoms with Gasteiger partial charge < -0.3 is 14.9 Å². The number of benzene rings is 1. The topological polar surface area (TPSA) is 49.7 Å². The number of aromatic hydroxyl groups is 1. The second kappa shape index (κ2) is 3.97. The minimum absolute atomic E-state index is 0.0321. The SMILES string of the molecule is C[C@@H](CO)Oc1cccc(O)c1. The van der Waals surface area contributed by atoms with Crippen LogP contribution in [0.5, 0.6) is 11.5 Å². The highest BCUT2D eigenvalue weighted by atomic mass is 16.5. The molecular weight excluding hydrogens is 156 g/mol. The summed E-state index contributed by atoms with van der Waals surface area (Å²) in [6, 6.07) is 6.49. The molecule has 0 fully saturated rings. The van der Waals surface area contributed by atoms with E-state index in [0.29, 0.717) is 5.75 Å².